The summed E-state index contributed by atoms with van der Waals surface area (Å²) in [5.74, 6) is -3.31. The number of carboxylic acids is 1. The maximum atomic E-state index is 12.0. The van der Waals surface area contributed by atoms with E-state index in [-0.39, 0.29) is 17.1 Å². The highest BCUT2D eigenvalue weighted by atomic mass is 16.5. The van der Waals surface area contributed by atoms with Gasteiger partial charge in [-0.25, -0.2) is 0 Å². The number of ether oxygens (including phenoxy) is 1. The predicted molar refractivity (Wildman–Crippen MR) is 89.1 cm³/mol. The summed E-state index contributed by atoms with van der Waals surface area (Å²) in [6.45, 7) is 0. The smallest absolute Gasteiger partial charge is 0.307 e. The van der Waals surface area contributed by atoms with Crippen LogP contribution in [0.2, 0.25) is 0 Å². The summed E-state index contributed by atoms with van der Waals surface area (Å²) in [6, 6.07) is 7.27. The van der Waals surface area contributed by atoms with Crippen LogP contribution in [0.25, 0.3) is 0 Å². The standard InChI is InChI=1S/C18H16O8/c19-12(10-1-3-13(20)15(22)7-10)5-6-26-17(9-18(24)25)11-2-4-14(21)16(23)8-11/h1-8,17,20-23H,9H2,(H,24,25). The SMILES string of the molecule is O=C(O)CC(OC=CC(=O)c1ccc(O)c(O)c1)c1ccc(O)c(O)c1. The molecule has 0 spiro atoms. The Balaban J connectivity index is 2.13. The molecule has 8 heteroatoms. The summed E-state index contributed by atoms with van der Waals surface area (Å²) < 4.78 is 5.29. The fraction of sp³-hybridized carbons (Fsp3) is 0.111. The summed E-state index contributed by atoms with van der Waals surface area (Å²) in [4.78, 5) is 23.0. The highest BCUT2D eigenvalue weighted by Gasteiger charge is 2.18. The summed E-state index contributed by atoms with van der Waals surface area (Å²) >= 11 is 0. The largest absolute Gasteiger partial charge is 0.504 e. The van der Waals surface area contributed by atoms with Crippen LogP contribution in [-0.2, 0) is 9.53 Å². The summed E-state index contributed by atoms with van der Waals surface area (Å²) in [5, 5.41) is 46.4. The summed E-state index contributed by atoms with van der Waals surface area (Å²) in [6.07, 6.45) is 0.587. The van der Waals surface area contributed by atoms with Gasteiger partial charge in [0.05, 0.1) is 12.7 Å². The minimum atomic E-state index is -1.16. The fourth-order valence-electron chi connectivity index (χ4n) is 2.11. The van der Waals surface area contributed by atoms with Crippen LogP contribution in [0.15, 0.2) is 48.7 Å². The van der Waals surface area contributed by atoms with Gasteiger partial charge in [0.15, 0.2) is 28.8 Å². The van der Waals surface area contributed by atoms with Crippen molar-refractivity contribution in [3.05, 3.63) is 59.9 Å². The maximum absolute atomic E-state index is 12.0. The quantitative estimate of drug-likeness (QED) is 0.219. The van der Waals surface area contributed by atoms with E-state index in [1.54, 1.807) is 0 Å². The van der Waals surface area contributed by atoms with Crippen LogP contribution in [0.3, 0.4) is 0 Å². The van der Waals surface area contributed by atoms with Gasteiger partial charge in [-0.2, -0.15) is 0 Å². The lowest BCUT2D eigenvalue weighted by atomic mass is 10.1. The van der Waals surface area contributed by atoms with Crippen molar-refractivity contribution in [3.63, 3.8) is 0 Å². The van der Waals surface area contributed by atoms with E-state index < -0.39 is 35.8 Å². The Labute approximate surface area is 147 Å². The third-order valence-electron chi connectivity index (χ3n) is 3.45. The van der Waals surface area contributed by atoms with E-state index in [0.29, 0.717) is 5.56 Å². The van der Waals surface area contributed by atoms with E-state index in [1.165, 1.54) is 18.2 Å². The van der Waals surface area contributed by atoms with E-state index in [9.17, 15) is 30.0 Å². The number of phenolic OH excluding ortho intramolecular Hbond substituents is 4. The van der Waals surface area contributed by atoms with Gasteiger partial charge in [-0.3, -0.25) is 9.59 Å². The maximum Gasteiger partial charge on any atom is 0.307 e. The lowest BCUT2D eigenvalue weighted by Crippen LogP contribution is -2.08. The molecule has 2 aromatic rings. The second kappa shape index (κ2) is 7.93. The average Bonchev–Trinajstić information content (AvgIpc) is 2.58. The third-order valence-corrected chi connectivity index (χ3v) is 3.45. The zero-order valence-electron chi connectivity index (χ0n) is 13.4. The molecule has 0 radical (unpaired) electrons. The van der Waals surface area contributed by atoms with Gasteiger partial charge in [-0.15, -0.1) is 0 Å². The Morgan fingerprint density at radius 2 is 1.54 bits per heavy atom. The second-order valence-electron chi connectivity index (χ2n) is 5.34. The molecule has 136 valence electrons. The van der Waals surface area contributed by atoms with Gasteiger partial charge in [0.1, 0.15) is 6.10 Å². The van der Waals surface area contributed by atoms with E-state index >= 15 is 0 Å². The topological polar surface area (TPSA) is 145 Å². The molecule has 0 saturated carbocycles. The number of carbonyl (C=O) groups is 2. The Hall–Kier alpha value is -3.68. The van der Waals surface area contributed by atoms with Crippen molar-refractivity contribution in [3.8, 4) is 23.0 Å². The molecule has 0 saturated heterocycles. The number of benzene rings is 2. The van der Waals surface area contributed by atoms with Crippen LogP contribution < -0.4 is 0 Å². The van der Waals surface area contributed by atoms with Crippen molar-refractivity contribution in [1.29, 1.82) is 0 Å². The summed E-state index contributed by atoms with van der Waals surface area (Å²) in [5.41, 5.74) is 0.388. The predicted octanol–water partition coefficient (Wildman–Crippen LogP) is 2.44. The number of carbonyl (C=O) groups excluding carboxylic acids is 1. The number of hydrogen-bond donors (Lipinski definition) is 5. The highest BCUT2D eigenvalue weighted by Crippen LogP contribution is 2.31. The van der Waals surface area contributed by atoms with Crippen molar-refractivity contribution in [2.45, 2.75) is 12.5 Å². The van der Waals surface area contributed by atoms with E-state index in [4.69, 9.17) is 9.84 Å². The first-order chi connectivity index (χ1) is 12.3. The molecule has 0 aliphatic rings. The fourth-order valence-corrected chi connectivity index (χ4v) is 2.11. The molecule has 0 amide bonds. The van der Waals surface area contributed by atoms with Crippen molar-refractivity contribution in [2.24, 2.45) is 0 Å². The van der Waals surface area contributed by atoms with Gasteiger partial charge in [0.2, 0.25) is 0 Å². The molecule has 8 nitrogen and oxygen atoms in total. The van der Waals surface area contributed by atoms with Crippen LogP contribution >= 0.6 is 0 Å². The first-order valence-electron chi connectivity index (χ1n) is 7.40. The third kappa shape index (κ3) is 4.67. The van der Waals surface area contributed by atoms with E-state index in [2.05, 4.69) is 0 Å². The molecule has 0 aliphatic carbocycles. The monoisotopic (exact) mass is 360 g/mol. The van der Waals surface area contributed by atoms with Crippen molar-refractivity contribution >= 4 is 11.8 Å². The molecule has 1 atom stereocenters. The molecule has 0 fully saturated rings. The first kappa shape index (κ1) is 18.7. The Kier molecular flexibility index (Phi) is 5.69. The second-order valence-corrected chi connectivity index (χ2v) is 5.34. The van der Waals surface area contributed by atoms with Gasteiger partial charge >= 0.3 is 5.97 Å². The lowest BCUT2D eigenvalue weighted by Gasteiger charge is -2.15. The molecule has 0 heterocycles. The minimum Gasteiger partial charge on any atom is -0.504 e. The van der Waals surface area contributed by atoms with Crippen LogP contribution in [-0.4, -0.2) is 37.3 Å². The molecule has 0 aliphatic heterocycles. The van der Waals surface area contributed by atoms with Gasteiger partial charge in [-0.05, 0) is 35.9 Å². The molecule has 0 bridgehead atoms. The highest BCUT2D eigenvalue weighted by molar-refractivity contribution is 6.04. The zero-order chi connectivity index (χ0) is 19.3. The zero-order valence-corrected chi connectivity index (χ0v) is 13.4. The van der Waals surface area contributed by atoms with Crippen molar-refractivity contribution in [2.75, 3.05) is 0 Å². The molecule has 2 aromatic carbocycles. The molecule has 1 unspecified atom stereocenters. The normalized spacial score (nSPS) is 12.0. The molecule has 26 heavy (non-hydrogen) atoms. The Morgan fingerprint density at radius 1 is 0.923 bits per heavy atom. The van der Waals surface area contributed by atoms with E-state index in [1.807, 2.05) is 0 Å². The minimum absolute atomic E-state index is 0.0946. The first-order valence-corrected chi connectivity index (χ1v) is 7.40. The number of hydrogen-bond acceptors (Lipinski definition) is 7. The van der Waals surface area contributed by atoms with Crippen molar-refractivity contribution < 1.29 is 39.9 Å². The van der Waals surface area contributed by atoms with Crippen LogP contribution in [0.1, 0.15) is 28.4 Å². The molecule has 5 N–H and O–H groups in total. The molecular formula is C18H16O8. The van der Waals surface area contributed by atoms with Gasteiger partial charge in [0, 0.05) is 11.6 Å². The number of phenols is 4. The lowest BCUT2D eigenvalue weighted by molar-refractivity contribution is -0.139. The Bertz CT molecular complexity index is 856. The van der Waals surface area contributed by atoms with Crippen LogP contribution in [0, 0.1) is 0 Å². The molecule has 0 aromatic heterocycles. The average molecular weight is 360 g/mol. The van der Waals surface area contributed by atoms with Gasteiger partial charge < -0.3 is 30.3 Å². The van der Waals surface area contributed by atoms with Crippen molar-refractivity contribution in [1.82, 2.24) is 0 Å². The number of carboxylic acid groups (broad SMARTS) is 1. The van der Waals surface area contributed by atoms with E-state index in [0.717, 1.165) is 30.5 Å². The number of allylic oxidation sites excluding steroid dienone is 1. The summed E-state index contributed by atoms with van der Waals surface area (Å²) in [7, 11) is 0. The van der Waals surface area contributed by atoms with Crippen LogP contribution in [0.4, 0.5) is 0 Å². The molecular weight excluding hydrogens is 344 g/mol. The number of aromatic hydroxyl groups is 4. The van der Waals surface area contributed by atoms with Gasteiger partial charge in [-0.1, -0.05) is 6.07 Å². The van der Waals surface area contributed by atoms with Gasteiger partial charge in [0.25, 0.3) is 0 Å². The number of rotatable bonds is 7. The Morgan fingerprint density at radius 3 is 2.12 bits per heavy atom. The number of aliphatic carboxylic acids is 1. The van der Waals surface area contributed by atoms with Crippen LogP contribution in [0.5, 0.6) is 23.0 Å². The molecule has 2 rings (SSSR count). The number of ketones is 1.